The van der Waals surface area contributed by atoms with Crippen molar-refractivity contribution in [3.8, 4) is 17.6 Å². The predicted octanol–water partition coefficient (Wildman–Crippen LogP) is 1.91. The van der Waals surface area contributed by atoms with Crippen molar-refractivity contribution in [2.75, 3.05) is 27.3 Å². The van der Waals surface area contributed by atoms with E-state index in [1.807, 2.05) is 6.92 Å². The van der Waals surface area contributed by atoms with Gasteiger partial charge in [0.05, 0.1) is 19.3 Å². The highest BCUT2D eigenvalue weighted by Crippen LogP contribution is 2.19. The van der Waals surface area contributed by atoms with Crippen molar-refractivity contribution in [1.82, 2.24) is 4.90 Å². The van der Waals surface area contributed by atoms with Crippen molar-refractivity contribution < 1.29 is 14.6 Å². The lowest BCUT2D eigenvalue weighted by Gasteiger charge is -2.16. The number of aliphatic hydroxyl groups is 1. The van der Waals surface area contributed by atoms with Gasteiger partial charge in [-0.05, 0) is 24.6 Å². The van der Waals surface area contributed by atoms with Crippen molar-refractivity contribution in [2.45, 2.75) is 19.8 Å². The van der Waals surface area contributed by atoms with Gasteiger partial charge >= 0.3 is 0 Å². The van der Waals surface area contributed by atoms with E-state index in [0.29, 0.717) is 23.3 Å². The first-order valence-corrected chi connectivity index (χ1v) is 6.67. The van der Waals surface area contributed by atoms with Gasteiger partial charge in [-0.1, -0.05) is 18.8 Å². The molecular weight excluding hydrogens is 254 g/mol. The maximum absolute atomic E-state index is 12.2. The molecule has 1 N–H and O–H groups in total. The molecule has 1 aromatic carbocycles. The number of nitrogens with zero attached hydrogens (tertiary/aromatic N) is 1. The van der Waals surface area contributed by atoms with E-state index in [9.17, 15) is 4.79 Å². The third kappa shape index (κ3) is 4.29. The molecule has 0 bridgehead atoms. The molecule has 0 saturated carbocycles. The van der Waals surface area contributed by atoms with Crippen LogP contribution in [0.15, 0.2) is 18.2 Å². The number of rotatable bonds is 5. The Morgan fingerprint density at radius 3 is 2.80 bits per heavy atom. The molecule has 0 unspecified atom stereocenters. The predicted molar refractivity (Wildman–Crippen MR) is 78.8 cm³/mol. The summed E-state index contributed by atoms with van der Waals surface area (Å²) in [6.45, 7) is 2.77. The van der Waals surface area contributed by atoms with Crippen LogP contribution in [0.4, 0.5) is 0 Å². The Kier molecular flexibility index (Phi) is 6.61. The van der Waals surface area contributed by atoms with Gasteiger partial charge in [0.1, 0.15) is 5.75 Å². The zero-order chi connectivity index (χ0) is 15.0. The van der Waals surface area contributed by atoms with Gasteiger partial charge < -0.3 is 14.7 Å². The van der Waals surface area contributed by atoms with Gasteiger partial charge in [0, 0.05) is 25.6 Å². The van der Waals surface area contributed by atoms with Crippen LogP contribution in [0.5, 0.6) is 5.75 Å². The van der Waals surface area contributed by atoms with Crippen molar-refractivity contribution in [3.63, 3.8) is 0 Å². The molecule has 0 aliphatic rings. The molecule has 0 radical (unpaired) electrons. The van der Waals surface area contributed by atoms with Crippen LogP contribution in [0.3, 0.4) is 0 Å². The molecule has 108 valence electrons. The Morgan fingerprint density at radius 2 is 2.20 bits per heavy atom. The SMILES string of the molecule is CCCN(C)C(=O)c1ccc(OC)c(C#CCCO)c1. The van der Waals surface area contributed by atoms with Gasteiger partial charge in [-0.25, -0.2) is 0 Å². The van der Waals surface area contributed by atoms with Crippen LogP contribution >= 0.6 is 0 Å². The fraction of sp³-hybridized carbons (Fsp3) is 0.438. The van der Waals surface area contributed by atoms with E-state index in [0.717, 1.165) is 13.0 Å². The highest BCUT2D eigenvalue weighted by Gasteiger charge is 2.12. The average molecular weight is 275 g/mol. The maximum Gasteiger partial charge on any atom is 0.253 e. The third-order valence-corrected chi connectivity index (χ3v) is 2.81. The van der Waals surface area contributed by atoms with Crippen LogP contribution in [0.25, 0.3) is 0 Å². The summed E-state index contributed by atoms with van der Waals surface area (Å²) < 4.78 is 5.23. The minimum atomic E-state index is -0.0280. The molecule has 20 heavy (non-hydrogen) atoms. The maximum atomic E-state index is 12.2. The first-order chi connectivity index (χ1) is 9.63. The summed E-state index contributed by atoms with van der Waals surface area (Å²) in [6.07, 6.45) is 1.32. The van der Waals surface area contributed by atoms with Gasteiger partial charge in [-0.3, -0.25) is 4.79 Å². The molecule has 0 fully saturated rings. The Balaban J connectivity index is 3.03. The summed E-state index contributed by atoms with van der Waals surface area (Å²) in [5, 5.41) is 8.75. The monoisotopic (exact) mass is 275 g/mol. The first-order valence-electron chi connectivity index (χ1n) is 6.67. The van der Waals surface area contributed by atoms with Crippen molar-refractivity contribution in [1.29, 1.82) is 0 Å². The quantitative estimate of drug-likeness (QED) is 0.835. The lowest BCUT2D eigenvalue weighted by molar-refractivity contribution is 0.0795. The number of ether oxygens (including phenoxy) is 1. The smallest absolute Gasteiger partial charge is 0.253 e. The number of benzene rings is 1. The van der Waals surface area contributed by atoms with Crippen LogP contribution in [0.2, 0.25) is 0 Å². The molecule has 1 amide bonds. The first kappa shape index (κ1) is 16.1. The van der Waals surface area contributed by atoms with E-state index < -0.39 is 0 Å². The second kappa shape index (κ2) is 8.23. The van der Waals surface area contributed by atoms with E-state index in [1.165, 1.54) is 0 Å². The summed E-state index contributed by atoms with van der Waals surface area (Å²) >= 11 is 0. The molecule has 0 aliphatic carbocycles. The van der Waals surface area contributed by atoms with E-state index in [4.69, 9.17) is 9.84 Å². The summed E-state index contributed by atoms with van der Waals surface area (Å²) in [5.41, 5.74) is 1.26. The fourth-order valence-corrected chi connectivity index (χ4v) is 1.81. The lowest BCUT2D eigenvalue weighted by Crippen LogP contribution is -2.27. The number of carbonyl (C=O) groups excluding carboxylic acids is 1. The van der Waals surface area contributed by atoms with Gasteiger partial charge in [-0.2, -0.15) is 0 Å². The molecule has 0 spiro atoms. The van der Waals surface area contributed by atoms with Gasteiger partial charge in [-0.15, -0.1) is 0 Å². The molecule has 0 saturated heterocycles. The summed E-state index contributed by atoms with van der Waals surface area (Å²) in [5.74, 6) is 6.37. The lowest BCUT2D eigenvalue weighted by atomic mass is 10.1. The third-order valence-electron chi connectivity index (χ3n) is 2.81. The molecule has 0 aromatic heterocycles. The average Bonchev–Trinajstić information content (AvgIpc) is 2.47. The van der Waals surface area contributed by atoms with Crippen LogP contribution in [0.1, 0.15) is 35.7 Å². The zero-order valence-electron chi connectivity index (χ0n) is 12.3. The molecule has 0 atom stereocenters. The van der Waals surface area contributed by atoms with Crippen molar-refractivity contribution in [3.05, 3.63) is 29.3 Å². The van der Waals surface area contributed by atoms with E-state index in [-0.39, 0.29) is 12.5 Å². The Bertz CT molecular complexity index is 514. The number of aliphatic hydroxyl groups excluding tert-OH is 1. The van der Waals surface area contributed by atoms with Crippen LogP contribution in [-0.4, -0.2) is 43.2 Å². The Morgan fingerprint density at radius 1 is 1.45 bits per heavy atom. The number of amides is 1. The van der Waals surface area contributed by atoms with Crippen LogP contribution in [-0.2, 0) is 0 Å². The Hall–Kier alpha value is -1.99. The standard InChI is InChI=1S/C16H21NO3/c1-4-10-17(2)16(19)14-8-9-15(20-3)13(12-14)7-5-6-11-18/h8-9,12,18H,4,6,10-11H2,1-3H3. The number of hydrogen-bond acceptors (Lipinski definition) is 3. The largest absolute Gasteiger partial charge is 0.495 e. The van der Waals surface area contributed by atoms with E-state index in [1.54, 1.807) is 37.3 Å². The van der Waals surface area contributed by atoms with Gasteiger partial charge in [0.2, 0.25) is 0 Å². The minimum Gasteiger partial charge on any atom is -0.495 e. The number of methoxy groups -OCH3 is 1. The minimum absolute atomic E-state index is 0.0210. The number of carbonyl (C=O) groups is 1. The topological polar surface area (TPSA) is 49.8 Å². The molecule has 4 nitrogen and oxygen atoms in total. The highest BCUT2D eigenvalue weighted by molar-refractivity contribution is 5.94. The van der Waals surface area contributed by atoms with Crippen LogP contribution < -0.4 is 4.74 Å². The second-order valence-corrected chi connectivity index (χ2v) is 4.42. The fourth-order valence-electron chi connectivity index (χ4n) is 1.81. The van der Waals surface area contributed by atoms with Crippen molar-refractivity contribution >= 4 is 5.91 Å². The van der Waals surface area contributed by atoms with E-state index >= 15 is 0 Å². The summed E-state index contributed by atoms with van der Waals surface area (Å²) in [4.78, 5) is 13.9. The molecule has 0 aliphatic heterocycles. The summed E-state index contributed by atoms with van der Waals surface area (Å²) in [7, 11) is 3.35. The number of hydrogen-bond donors (Lipinski definition) is 1. The molecule has 0 heterocycles. The molecule has 4 heteroatoms. The van der Waals surface area contributed by atoms with Crippen molar-refractivity contribution in [2.24, 2.45) is 0 Å². The second-order valence-electron chi connectivity index (χ2n) is 4.42. The van der Waals surface area contributed by atoms with Gasteiger partial charge in [0.15, 0.2) is 0 Å². The normalized spacial score (nSPS) is 9.60. The zero-order valence-corrected chi connectivity index (χ0v) is 12.3. The highest BCUT2D eigenvalue weighted by atomic mass is 16.5. The van der Waals surface area contributed by atoms with Crippen LogP contribution in [0, 0.1) is 11.8 Å². The van der Waals surface area contributed by atoms with E-state index in [2.05, 4.69) is 11.8 Å². The molecule has 1 aromatic rings. The Labute approximate surface area is 120 Å². The molecular formula is C16H21NO3. The molecule has 1 rings (SSSR count). The van der Waals surface area contributed by atoms with Gasteiger partial charge in [0.25, 0.3) is 5.91 Å². The summed E-state index contributed by atoms with van der Waals surface area (Å²) in [6, 6.07) is 5.22.